The van der Waals surface area contributed by atoms with Gasteiger partial charge in [0.25, 0.3) is 0 Å². The van der Waals surface area contributed by atoms with E-state index in [1.807, 2.05) is 30.3 Å². The molecule has 2 aromatic carbocycles. The van der Waals surface area contributed by atoms with E-state index < -0.39 is 18.1 Å². The highest BCUT2D eigenvalue weighted by molar-refractivity contribution is 5.81. The highest BCUT2D eigenvalue weighted by Crippen LogP contribution is 2.12. The molecule has 0 aliphatic rings. The van der Waals surface area contributed by atoms with Gasteiger partial charge in [0.05, 0.1) is 6.61 Å². The maximum atomic E-state index is 12.1. The van der Waals surface area contributed by atoms with Crippen LogP contribution in [0.4, 0.5) is 4.79 Å². The van der Waals surface area contributed by atoms with E-state index in [9.17, 15) is 14.7 Å². The lowest BCUT2D eigenvalue weighted by Crippen LogP contribution is -2.43. The third-order valence-electron chi connectivity index (χ3n) is 3.45. The Morgan fingerprint density at radius 3 is 2.32 bits per heavy atom. The Balaban J connectivity index is 1.96. The molecule has 0 heterocycles. The summed E-state index contributed by atoms with van der Waals surface area (Å²) in [5, 5.41) is 11.9. The molecule has 0 aromatic heterocycles. The molecule has 25 heavy (non-hydrogen) atoms. The van der Waals surface area contributed by atoms with Crippen molar-refractivity contribution in [3.8, 4) is 5.75 Å². The molecule has 1 amide bonds. The first-order valence-electron chi connectivity index (χ1n) is 8.00. The molecule has 0 unspecified atom stereocenters. The molecule has 0 saturated heterocycles. The zero-order valence-corrected chi connectivity index (χ0v) is 14.0. The van der Waals surface area contributed by atoms with Crippen LogP contribution in [0.5, 0.6) is 5.75 Å². The summed E-state index contributed by atoms with van der Waals surface area (Å²) in [7, 11) is 0. The molecule has 6 heteroatoms. The fourth-order valence-corrected chi connectivity index (χ4v) is 2.21. The van der Waals surface area contributed by atoms with E-state index in [0.717, 1.165) is 11.1 Å². The molecule has 0 saturated carbocycles. The van der Waals surface area contributed by atoms with Crippen LogP contribution in [0, 0.1) is 0 Å². The van der Waals surface area contributed by atoms with Gasteiger partial charge in [0.2, 0.25) is 0 Å². The van der Waals surface area contributed by atoms with Crippen LogP contribution in [0.1, 0.15) is 18.1 Å². The molecular weight excluding hydrogens is 322 g/mol. The number of nitrogens with one attached hydrogen (secondary N) is 1. The Bertz CT molecular complexity index is 685. The highest BCUT2D eigenvalue weighted by atomic mass is 16.6. The molecule has 132 valence electrons. The molecule has 6 nitrogen and oxygen atoms in total. The van der Waals surface area contributed by atoms with Gasteiger partial charge in [-0.05, 0) is 30.2 Å². The minimum Gasteiger partial charge on any atom is -0.508 e. The Morgan fingerprint density at radius 2 is 1.68 bits per heavy atom. The second kappa shape index (κ2) is 9.32. The van der Waals surface area contributed by atoms with Crippen LogP contribution in [0.25, 0.3) is 0 Å². The second-order valence-electron chi connectivity index (χ2n) is 5.38. The number of rotatable bonds is 7. The quantitative estimate of drug-likeness (QED) is 0.755. The number of hydrogen-bond acceptors (Lipinski definition) is 5. The van der Waals surface area contributed by atoms with Gasteiger partial charge < -0.3 is 19.9 Å². The van der Waals surface area contributed by atoms with Gasteiger partial charge in [-0.1, -0.05) is 42.5 Å². The van der Waals surface area contributed by atoms with Crippen LogP contribution >= 0.6 is 0 Å². The second-order valence-corrected chi connectivity index (χ2v) is 5.38. The first-order valence-corrected chi connectivity index (χ1v) is 8.00. The fraction of sp³-hybridized carbons (Fsp3) is 0.263. The number of hydrogen-bond donors (Lipinski definition) is 2. The van der Waals surface area contributed by atoms with Crippen molar-refractivity contribution in [1.29, 1.82) is 0 Å². The Kier molecular flexibility index (Phi) is 6.83. The number of ether oxygens (including phenoxy) is 2. The van der Waals surface area contributed by atoms with Gasteiger partial charge in [-0.15, -0.1) is 0 Å². The molecular formula is C19H21NO5. The van der Waals surface area contributed by atoms with E-state index in [1.54, 1.807) is 19.1 Å². The number of alkyl carbamates (subject to hydrolysis) is 1. The maximum Gasteiger partial charge on any atom is 0.408 e. The van der Waals surface area contributed by atoms with E-state index in [0.29, 0.717) is 0 Å². The van der Waals surface area contributed by atoms with Crippen molar-refractivity contribution in [1.82, 2.24) is 5.32 Å². The average molecular weight is 343 g/mol. The minimum absolute atomic E-state index is 0.113. The Labute approximate surface area is 146 Å². The van der Waals surface area contributed by atoms with Gasteiger partial charge in [-0.25, -0.2) is 9.59 Å². The van der Waals surface area contributed by atoms with Gasteiger partial charge in [-0.3, -0.25) is 0 Å². The third-order valence-corrected chi connectivity index (χ3v) is 3.45. The van der Waals surface area contributed by atoms with Crippen molar-refractivity contribution in [3.63, 3.8) is 0 Å². The number of benzene rings is 2. The molecule has 2 N–H and O–H groups in total. The molecule has 1 atom stereocenters. The van der Waals surface area contributed by atoms with Crippen LogP contribution in [-0.2, 0) is 27.3 Å². The molecule has 0 bridgehead atoms. The lowest BCUT2D eigenvalue weighted by atomic mass is 10.1. The van der Waals surface area contributed by atoms with Crippen molar-refractivity contribution in [2.24, 2.45) is 0 Å². The molecule has 0 aliphatic carbocycles. The highest BCUT2D eigenvalue weighted by Gasteiger charge is 2.23. The summed E-state index contributed by atoms with van der Waals surface area (Å²) >= 11 is 0. The monoisotopic (exact) mass is 343 g/mol. The van der Waals surface area contributed by atoms with Crippen LogP contribution in [0.15, 0.2) is 54.6 Å². The van der Waals surface area contributed by atoms with Crippen molar-refractivity contribution in [2.45, 2.75) is 26.0 Å². The van der Waals surface area contributed by atoms with Gasteiger partial charge >= 0.3 is 12.1 Å². The summed E-state index contributed by atoms with van der Waals surface area (Å²) in [6.07, 6.45) is -0.458. The van der Waals surface area contributed by atoms with Crippen molar-refractivity contribution < 1.29 is 24.2 Å². The van der Waals surface area contributed by atoms with Crippen molar-refractivity contribution in [3.05, 3.63) is 65.7 Å². The lowest BCUT2D eigenvalue weighted by Gasteiger charge is -2.17. The minimum atomic E-state index is -0.868. The van der Waals surface area contributed by atoms with Gasteiger partial charge in [0.15, 0.2) is 0 Å². The first kappa shape index (κ1) is 18.3. The summed E-state index contributed by atoms with van der Waals surface area (Å²) in [5.41, 5.74) is 1.63. The smallest absolute Gasteiger partial charge is 0.408 e. The van der Waals surface area contributed by atoms with E-state index in [1.165, 1.54) is 12.1 Å². The summed E-state index contributed by atoms with van der Waals surface area (Å²) in [5.74, 6) is -0.404. The SMILES string of the molecule is CCOC(=O)[C@@H](Cc1ccc(O)cc1)NC(=O)OCc1ccccc1. The molecule has 0 radical (unpaired) electrons. The van der Waals surface area contributed by atoms with Crippen LogP contribution in [0.3, 0.4) is 0 Å². The van der Waals surface area contributed by atoms with Crippen molar-refractivity contribution >= 4 is 12.1 Å². The molecule has 0 aliphatic heterocycles. The summed E-state index contributed by atoms with van der Waals surface area (Å²) < 4.78 is 10.2. The predicted octanol–water partition coefficient (Wildman–Crippen LogP) is 2.79. The summed E-state index contributed by atoms with van der Waals surface area (Å²) in [6, 6.07) is 14.8. The van der Waals surface area contributed by atoms with Crippen LogP contribution in [-0.4, -0.2) is 29.8 Å². The average Bonchev–Trinajstić information content (AvgIpc) is 2.62. The first-order chi connectivity index (χ1) is 12.1. The third kappa shape index (κ3) is 6.18. The zero-order chi connectivity index (χ0) is 18.1. The molecule has 2 rings (SSSR count). The van der Waals surface area contributed by atoms with E-state index in [4.69, 9.17) is 9.47 Å². The van der Waals surface area contributed by atoms with E-state index in [2.05, 4.69) is 5.32 Å². The summed E-state index contributed by atoms with van der Waals surface area (Å²) in [6.45, 7) is 2.02. The van der Waals surface area contributed by atoms with Gasteiger partial charge in [-0.2, -0.15) is 0 Å². The number of carbonyl (C=O) groups is 2. The van der Waals surface area contributed by atoms with Crippen LogP contribution < -0.4 is 5.32 Å². The molecule has 2 aromatic rings. The van der Waals surface area contributed by atoms with Gasteiger partial charge in [0, 0.05) is 6.42 Å². The van der Waals surface area contributed by atoms with E-state index in [-0.39, 0.29) is 25.4 Å². The molecule has 0 fully saturated rings. The number of esters is 1. The predicted molar refractivity (Wildman–Crippen MR) is 92.0 cm³/mol. The number of aromatic hydroxyl groups is 1. The molecule has 0 spiro atoms. The largest absolute Gasteiger partial charge is 0.508 e. The lowest BCUT2D eigenvalue weighted by molar-refractivity contribution is -0.145. The van der Waals surface area contributed by atoms with Crippen molar-refractivity contribution in [2.75, 3.05) is 6.61 Å². The number of phenolic OH excluding ortho intramolecular Hbond substituents is 1. The fourth-order valence-electron chi connectivity index (χ4n) is 2.21. The summed E-state index contributed by atoms with van der Waals surface area (Å²) in [4.78, 5) is 24.1. The number of amides is 1. The van der Waals surface area contributed by atoms with Crippen LogP contribution in [0.2, 0.25) is 0 Å². The Morgan fingerprint density at radius 1 is 1.00 bits per heavy atom. The zero-order valence-electron chi connectivity index (χ0n) is 14.0. The number of carbonyl (C=O) groups excluding carboxylic acids is 2. The maximum absolute atomic E-state index is 12.1. The number of phenols is 1. The standard InChI is InChI=1S/C19H21NO5/c1-2-24-18(22)17(12-14-8-10-16(21)11-9-14)20-19(23)25-13-15-6-4-3-5-7-15/h3-11,17,21H,2,12-13H2,1H3,(H,20,23)/t17-/m1/s1. The van der Waals surface area contributed by atoms with E-state index >= 15 is 0 Å². The normalized spacial score (nSPS) is 11.4. The van der Waals surface area contributed by atoms with Gasteiger partial charge in [0.1, 0.15) is 18.4 Å². The topological polar surface area (TPSA) is 84.9 Å². The Hall–Kier alpha value is -3.02.